The van der Waals surface area contributed by atoms with E-state index < -0.39 is 6.04 Å². The number of benzene rings is 1. The minimum absolute atomic E-state index is 0.281. The summed E-state index contributed by atoms with van der Waals surface area (Å²) in [4.78, 5) is 31.5. The molecule has 0 bridgehead atoms. The van der Waals surface area contributed by atoms with Gasteiger partial charge in [0.1, 0.15) is 11.6 Å². The van der Waals surface area contributed by atoms with E-state index in [4.69, 9.17) is 0 Å². The molecule has 8 heteroatoms. The fraction of sp³-hybridized carbons (Fsp3) is 0.267. The van der Waals surface area contributed by atoms with Crippen molar-refractivity contribution in [1.82, 2.24) is 30.3 Å². The van der Waals surface area contributed by atoms with Crippen molar-refractivity contribution in [2.45, 2.75) is 19.4 Å². The highest BCUT2D eigenvalue weighted by atomic mass is 16.2. The molecule has 1 aromatic carbocycles. The Bertz CT molecular complexity index is 871. The third kappa shape index (κ3) is 3.10. The standard InChI is InChI=1S/C15H16N6O2/c1-10(14(22)17-7-6-11-8-16-9-18-11)21-15(23)12-4-2-3-5-13(12)19-20-21/h2-5,8-10H,6-7H2,1H3,(H,16,18)(H,17,22)/t10-/m0/s1. The fourth-order valence-electron chi connectivity index (χ4n) is 2.26. The zero-order valence-electron chi connectivity index (χ0n) is 12.6. The quantitative estimate of drug-likeness (QED) is 0.711. The first kappa shape index (κ1) is 14.9. The molecule has 2 N–H and O–H groups in total. The van der Waals surface area contributed by atoms with E-state index in [1.54, 1.807) is 43.7 Å². The number of fused-ring (bicyclic) bond motifs is 1. The molecule has 2 heterocycles. The predicted molar refractivity (Wildman–Crippen MR) is 83.8 cm³/mol. The summed E-state index contributed by atoms with van der Waals surface area (Å²) in [6.45, 7) is 2.07. The summed E-state index contributed by atoms with van der Waals surface area (Å²) in [6.07, 6.45) is 3.93. The van der Waals surface area contributed by atoms with Crippen molar-refractivity contribution in [2.75, 3.05) is 6.54 Å². The molecule has 0 aliphatic heterocycles. The van der Waals surface area contributed by atoms with E-state index in [-0.39, 0.29) is 11.5 Å². The van der Waals surface area contributed by atoms with E-state index >= 15 is 0 Å². The maximum Gasteiger partial charge on any atom is 0.278 e. The molecule has 0 radical (unpaired) electrons. The van der Waals surface area contributed by atoms with Crippen molar-refractivity contribution in [3.8, 4) is 0 Å². The molecule has 2 aromatic heterocycles. The van der Waals surface area contributed by atoms with Crippen molar-refractivity contribution in [3.05, 3.63) is 52.8 Å². The number of carbonyl (C=O) groups is 1. The molecule has 0 saturated heterocycles. The topological polar surface area (TPSA) is 106 Å². The van der Waals surface area contributed by atoms with Crippen LogP contribution in [0.5, 0.6) is 0 Å². The molecule has 23 heavy (non-hydrogen) atoms. The van der Waals surface area contributed by atoms with Gasteiger partial charge in [0.15, 0.2) is 0 Å². The second-order valence-electron chi connectivity index (χ2n) is 5.15. The van der Waals surface area contributed by atoms with Gasteiger partial charge in [0.25, 0.3) is 5.56 Å². The van der Waals surface area contributed by atoms with E-state index in [9.17, 15) is 9.59 Å². The highest BCUT2D eigenvalue weighted by molar-refractivity contribution is 5.81. The van der Waals surface area contributed by atoms with Crippen molar-refractivity contribution in [3.63, 3.8) is 0 Å². The van der Waals surface area contributed by atoms with E-state index in [1.165, 1.54) is 0 Å². The van der Waals surface area contributed by atoms with E-state index in [0.29, 0.717) is 23.9 Å². The van der Waals surface area contributed by atoms with Crippen LogP contribution in [0.2, 0.25) is 0 Å². The number of carbonyl (C=O) groups excluding carboxylic acids is 1. The van der Waals surface area contributed by atoms with Crippen LogP contribution >= 0.6 is 0 Å². The lowest BCUT2D eigenvalue weighted by Crippen LogP contribution is -2.38. The molecule has 0 spiro atoms. The summed E-state index contributed by atoms with van der Waals surface area (Å²) in [5.41, 5.74) is 1.12. The smallest absolute Gasteiger partial charge is 0.278 e. The van der Waals surface area contributed by atoms with Crippen LogP contribution in [0.3, 0.4) is 0 Å². The number of imidazole rings is 1. The minimum Gasteiger partial charge on any atom is -0.354 e. The zero-order valence-corrected chi connectivity index (χ0v) is 12.6. The van der Waals surface area contributed by atoms with Crippen LogP contribution in [0.15, 0.2) is 41.6 Å². The average molecular weight is 312 g/mol. The summed E-state index contributed by atoms with van der Waals surface area (Å²) in [6, 6.07) is 6.19. The molecular formula is C15H16N6O2. The molecule has 0 saturated carbocycles. The first-order chi connectivity index (χ1) is 11.2. The number of aromatic nitrogens is 5. The van der Waals surface area contributed by atoms with E-state index in [2.05, 4.69) is 25.6 Å². The zero-order chi connectivity index (χ0) is 16.2. The maximum atomic E-state index is 12.4. The summed E-state index contributed by atoms with van der Waals surface area (Å²) in [5.74, 6) is -0.281. The summed E-state index contributed by atoms with van der Waals surface area (Å²) >= 11 is 0. The highest BCUT2D eigenvalue weighted by Gasteiger charge is 2.18. The lowest BCUT2D eigenvalue weighted by molar-refractivity contribution is -0.124. The molecule has 1 atom stereocenters. The van der Waals surface area contributed by atoms with Crippen molar-refractivity contribution >= 4 is 16.8 Å². The molecule has 118 valence electrons. The number of nitrogens with zero attached hydrogens (tertiary/aromatic N) is 4. The van der Waals surface area contributed by atoms with Crippen LogP contribution in [-0.2, 0) is 11.2 Å². The summed E-state index contributed by atoms with van der Waals surface area (Å²) in [7, 11) is 0. The largest absolute Gasteiger partial charge is 0.354 e. The Labute approximate surface area is 131 Å². The second-order valence-corrected chi connectivity index (χ2v) is 5.15. The van der Waals surface area contributed by atoms with Gasteiger partial charge in [0, 0.05) is 24.9 Å². The Balaban J connectivity index is 1.72. The number of hydrogen-bond donors (Lipinski definition) is 2. The van der Waals surface area contributed by atoms with Crippen LogP contribution in [0.25, 0.3) is 10.9 Å². The maximum absolute atomic E-state index is 12.4. The first-order valence-corrected chi connectivity index (χ1v) is 7.26. The SMILES string of the molecule is C[C@@H](C(=O)NCCc1cnc[nH]1)n1nnc2ccccc2c1=O. The second kappa shape index (κ2) is 6.39. The Morgan fingerprint density at radius 3 is 3.00 bits per heavy atom. The first-order valence-electron chi connectivity index (χ1n) is 7.26. The van der Waals surface area contributed by atoms with Crippen LogP contribution in [-0.4, -0.2) is 37.4 Å². The fourth-order valence-corrected chi connectivity index (χ4v) is 2.26. The molecule has 0 unspecified atom stereocenters. The molecular weight excluding hydrogens is 296 g/mol. The van der Waals surface area contributed by atoms with Crippen LogP contribution in [0.4, 0.5) is 0 Å². The Hall–Kier alpha value is -3.03. The van der Waals surface area contributed by atoms with Crippen molar-refractivity contribution in [2.24, 2.45) is 0 Å². The van der Waals surface area contributed by atoms with Crippen LogP contribution in [0.1, 0.15) is 18.7 Å². The number of amides is 1. The van der Waals surface area contributed by atoms with Gasteiger partial charge < -0.3 is 10.3 Å². The number of rotatable bonds is 5. The van der Waals surface area contributed by atoms with Gasteiger partial charge in [-0.05, 0) is 19.1 Å². The van der Waals surface area contributed by atoms with Crippen LogP contribution < -0.4 is 10.9 Å². The number of hydrogen-bond acceptors (Lipinski definition) is 5. The average Bonchev–Trinajstić information content (AvgIpc) is 3.08. The third-order valence-corrected chi connectivity index (χ3v) is 3.59. The molecule has 0 aliphatic rings. The van der Waals surface area contributed by atoms with Crippen molar-refractivity contribution < 1.29 is 4.79 Å². The number of aromatic amines is 1. The van der Waals surface area contributed by atoms with Gasteiger partial charge in [-0.2, -0.15) is 4.68 Å². The van der Waals surface area contributed by atoms with E-state index in [0.717, 1.165) is 10.4 Å². The van der Waals surface area contributed by atoms with Crippen LogP contribution in [0, 0.1) is 0 Å². The normalized spacial score (nSPS) is 12.2. The molecule has 0 fully saturated rings. The highest BCUT2D eigenvalue weighted by Crippen LogP contribution is 2.06. The van der Waals surface area contributed by atoms with Gasteiger partial charge in [0.05, 0.1) is 11.7 Å². The molecule has 3 aromatic rings. The van der Waals surface area contributed by atoms with Crippen molar-refractivity contribution in [1.29, 1.82) is 0 Å². The Morgan fingerprint density at radius 2 is 2.22 bits per heavy atom. The Morgan fingerprint density at radius 1 is 1.39 bits per heavy atom. The monoisotopic (exact) mass is 312 g/mol. The predicted octanol–water partition coefficient (Wildman–Crippen LogP) is 0.434. The summed E-state index contributed by atoms with van der Waals surface area (Å²) < 4.78 is 1.11. The molecule has 0 aliphatic carbocycles. The summed E-state index contributed by atoms with van der Waals surface area (Å²) in [5, 5.41) is 11.1. The van der Waals surface area contributed by atoms with Gasteiger partial charge in [0.2, 0.25) is 5.91 Å². The number of H-pyrrole nitrogens is 1. The van der Waals surface area contributed by atoms with Gasteiger partial charge in [-0.15, -0.1) is 5.10 Å². The van der Waals surface area contributed by atoms with Gasteiger partial charge in [-0.25, -0.2) is 4.98 Å². The third-order valence-electron chi connectivity index (χ3n) is 3.59. The number of nitrogens with one attached hydrogen (secondary N) is 2. The minimum atomic E-state index is -0.735. The van der Waals surface area contributed by atoms with Gasteiger partial charge in [-0.3, -0.25) is 9.59 Å². The van der Waals surface area contributed by atoms with E-state index in [1.807, 2.05) is 0 Å². The molecule has 8 nitrogen and oxygen atoms in total. The Kier molecular flexibility index (Phi) is 4.13. The lowest BCUT2D eigenvalue weighted by atomic mass is 10.2. The van der Waals surface area contributed by atoms with Gasteiger partial charge >= 0.3 is 0 Å². The van der Waals surface area contributed by atoms with Gasteiger partial charge in [-0.1, -0.05) is 17.3 Å². The molecule has 3 rings (SSSR count). The molecule has 1 amide bonds. The lowest BCUT2D eigenvalue weighted by Gasteiger charge is -2.13.